The summed E-state index contributed by atoms with van der Waals surface area (Å²) in [7, 11) is 1.97. The molecule has 0 bridgehead atoms. The zero-order valence-corrected chi connectivity index (χ0v) is 11.0. The van der Waals surface area contributed by atoms with Crippen LogP contribution in [0.5, 0.6) is 0 Å². The fourth-order valence-corrected chi connectivity index (χ4v) is 2.03. The van der Waals surface area contributed by atoms with Crippen LogP contribution in [-0.2, 0) is 0 Å². The zero-order valence-electron chi connectivity index (χ0n) is 11.0. The van der Waals surface area contributed by atoms with Crippen LogP contribution in [0.4, 0.5) is 0 Å². The monoisotopic (exact) mass is 237 g/mol. The van der Waals surface area contributed by atoms with Gasteiger partial charge in [-0.2, -0.15) is 0 Å². The highest BCUT2D eigenvalue weighted by molar-refractivity contribution is 5.68. The van der Waals surface area contributed by atoms with Crippen LogP contribution in [0.1, 0.15) is 17.5 Å². The summed E-state index contributed by atoms with van der Waals surface area (Å²) in [5.74, 6) is 0. The fourth-order valence-electron chi connectivity index (χ4n) is 2.03. The lowest BCUT2D eigenvalue weighted by atomic mass is 10.0. The molecule has 0 heterocycles. The third-order valence-electron chi connectivity index (χ3n) is 3.08. The number of nitrogens with one attached hydrogen (secondary N) is 1. The lowest BCUT2D eigenvalue weighted by Crippen LogP contribution is -2.05. The third kappa shape index (κ3) is 3.01. The van der Waals surface area contributed by atoms with Gasteiger partial charge in [0, 0.05) is 18.3 Å². The van der Waals surface area contributed by atoms with E-state index in [2.05, 4.69) is 73.0 Å². The van der Waals surface area contributed by atoms with Gasteiger partial charge in [-0.15, -0.1) is 0 Å². The predicted molar refractivity (Wildman–Crippen MR) is 79.2 cm³/mol. The molecule has 2 rings (SSSR count). The molecule has 0 atom stereocenters. The van der Waals surface area contributed by atoms with Crippen molar-refractivity contribution in [2.24, 2.45) is 0 Å². The normalized spacial score (nSPS) is 17.2. The molecule has 0 unspecified atom stereocenters. The van der Waals surface area contributed by atoms with E-state index in [0.29, 0.717) is 0 Å². The third-order valence-corrected chi connectivity index (χ3v) is 3.08. The van der Waals surface area contributed by atoms with Crippen molar-refractivity contribution in [2.75, 3.05) is 7.05 Å². The molecule has 0 amide bonds. The van der Waals surface area contributed by atoms with Gasteiger partial charge in [0.1, 0.15) is 0 Å². The molecule has 0 spiro atoms. The molecule has 0 saturated carbocycles. The molecule has 1 aromatic carbocycles. The van der Waals surface area contributed by atoms with Gasteiger partial charge >= 0.3 is 0 Å². The highest BCUT2D eigenvalue weighted by Crippen LogP contribution is 2.17. The van der Waals surface area contributed by atoms with Crippen molar-refractivity contribution in [3.63, 3.8) is 0 Å². The van der Waals surface area contributed by atoms with Gasteiger partial charge in [-0.3, -0.25) is 0 Å². The van der Waals surface area contributed by atoms with Crippen LogP contribution in [-0.4, -0.2) is 7.05 Å². The Kier molecular flexibility index (Phi) is 4.19. The van der Waals surface area contributed by atoms with E-state index in [1.165, 1.54) is 16.7 Å². The molecule has 1 heteroatoms. The second kappa shape index (κ2) is 6.06. The number of allylic oxidation sites excluding steroid dienone is 7. The highest BCUT2D eigenvalue weighted by atomic mass is 14.8. The molecule has 1 aliphatic rings. The van der Waals surface area contributed by atoms with Crippen LogP contribution in [0.25, 0.3) is 5.70 Å². The first-order chi connectivity index (χ1) is 8.81. The maximum atomic E-state index is 3.27. The van der Waals surface area contributed by atoms with Crippen molar-refractivity contribution in [3.05, 3.63) is 77.4 Å². The second-order valence-electron chi connectivity index (χ2n) is 4.38. The van der Waals surface area contributed by atoms with Crippen molar-refractivity contribution in [1.29, 1.82) is 0 Å². The van der Waals surface area contributed by atoms with E-state index < -0.39 is 0 Å². The SMILES string of the molecule is CN/C(=C\C=C1\C=CC=CC1)c1ccccc1C. The van der Waals surface area contributed by atoms with Crippen molar-refractivity contribution < 1.29 is 0 Å². The molecule has 0 aromatic heterocycles. The minimum atomic E-state index is 1.01. The van der Waals surface area contributed by atoms with E-state index in [1.54, 1.807) is 0 Å². The van der Waals surface area contributed by atoms with Gasteiger partial charge in [-0.05, 0) is 30.6 Å². The van der Waals surface area contributed by atoms with E-state index in [4.69, 9.17) is 0 Å². The van der Waals surface area contributed by atoms with Gasteiger partial charge in [0.05, 0.1) is 0 Å². The molecule has 1 aliphatic carbocycles. The van der Waals surface area contributed by atoms with Gasteiger partial charge in [-0.1, -0.05) is 54.6 Å². The Morgan fingerprint density at radius 2 is 2.06 bits per heavy atom. The molecule has 18 heavy (non-hydrogen) atoms. The van der Waals surface area contributed by atoms with Crippen LogP contribution in [0.15, 0.2) is 66.3 Å². The zero-order chi connectivity index (χ0) is 12.8. The molecule has 1 nitrogen and oxygen atoms in total. The summed E-state index contributed by atoms with van der Waals surface area (Å²) in [5, 5.41) is 3.27. The van der Waals surface area contributed by atoms with Crippen molar-refractivity contribution in [3.8, 4) is 0 Å². The van der Waals surface area contributed by atoms with Gasteiger partial charge in [0.25, 0.3) is 0 Å². The standard InChI is InChI=1S/C17H19N/c1-14-8-6-7-11-16(14)17(18-2)13-12-15-9-4-3-5-10-15/h3-9,11-13,18H,10H2,1-2H3/b15-12-,17-13-. The molecule has 92 valence electrons. The fraction of sp³-hybridized carbons (Fsp3) is 0.176. The number of benzene rings is 1. The molecule has 0 aliphatic heterocycles. The highest BCUT2D eigenvalue weighted by Gasteiger charge is 2.01. The Morgan fingerprint density at radius 1 is 1.22 bits per heavy atom. The van der Waals surface area contributed by atoms with E-state index in [-0.39, 0.29) is 0 Å². The summed E-state index contributed by atoms with van der Waals surface area (Å²) in [6.45, 7) is 2.14. The van der Waals surface area contributed by atoms with Gasteiger partial charge in [0.15, 0.2) is 0 Å². The summed E-state index contributed by atoms with van der Waals surface area (Å²) < 4.78 is 0. The van der Waals surface area contributed by atoms with E-state index >= 15 is 0 Å². The van der Waals surface area contributed by atoms with Crippen LogP contribution in [0.2, 0.25) is 0 Å². The quantitative estimate of drug-likeness (QED) is 0.838. The van der Waals surface area contributed by atoms with Gasteiger partial charge in [-0.25, -0.2) is 0 Å². The van der Waals surface area contributed by atoms with E-state index in [1.807, 2.05) is 7.05 Å². The van der Waals surface area contributed by atoms with E-state index in [9.17, 15) is 0 Å². The maximum absolute atomic E-state index is 3.27. The molecule has 0 radical (unpaired) electrons. The lowest BCUT2D eigenvalue weighted by molar-refractivity contribution is 1.12. The second-order valence-corrected chi connectivity index (χ2v) is 4.38. The van der Waals surface area contributed by atoms with Crippen molar-refractivity contribution in [2.45, 2.75) is 13.3 Å². The number of rotatable bonds is 3. The molecule has 1 N–H and O–H groups in total. The van der Waals surface area contributed by atoms with Crippen LogP contribution >= 0.6 is 0 Å². The number of hydrogen-bond acceptors (Lipinski definition) is 1. The summed E-state index contributed by atoms with van der Waals surface area (Å²) in [4.78, 5) is 0. The average Bonchev–Trinajstić information content (AvgIpc) is 2.42. The summed E-state index contributed by atoms with van der Waals surface area (Å²) in [5.41, 5.74) is 5.03. The van der Waals surface area contributed by atoms with E-state index in [0.717, 1.165) is 12.1 Å². The smallest absolute Gasteiger partial charge is 0.0413 e. The maximum Gasteiger partial charge on any atom is 0.0413 e. The average molecular weight is 237 g/mol. The summed E-state index contributed by atoms with van der Waals surface area (Å²) >= 11 is 0. The van der Waals surface area contributed by atoms with Crippen LogP contribution < -0.4 is 5.32 Å². The molecule has 0 saturated heterocycles. The minimum Gasteiger partial charge on any atom is -0.388 e. The van der Waals surface area contributed by atoms with Gasteiger partial charge in [0.2, 0.25) is 0 Å². The number of hydrogen-bond donors (Lipinski definition) is 1. The Balaban J connectivity index is 2.26. The van der Waals surface area contributed by atoms with Crippen molar-refractivity contribution in [1.82, 2.24) is 5.32 Å². The Labute approximate surface area is 109 Å². The first-order valence-electron chi connectivity index (χ1n) is 6.29. The Morgan fingerprint density at radius 3 is 2.72 bits per heavy atom. The van der Waals surface area contributed by atoms with Crippen LogP contribution in [0.3, 0.4) is 0 Å². The first kappa shape index (κ1) is 12.4. The molecule has 1 aromatic rings. The van der Waals surface area contributed by atoms with Crippen LogP contribution in [0, 0.1) is 6.92 Å². The minimum absolute atomic E-state index is 1.01. The number of aryl methyl sites for hydroxylation is 1. The molecular formula is C17H19N. The lowest BCUT2D eigenvalue weighted by Gasteiger charge is -2.09. The first-order valence-corrected chi connectivity index (χ1v) is 6.29. The largest absolute Gasteiger partial charge is 0.388 e. The van der Waals surface area contributed by atoms with Gasteiger partial charge < -0.3 is 5.32 Å². The topological polar surface area (TPSA) is 12.0 Å². The predicted octanol–water partition coefficient (Wildman–Crippen LogP) is 4.00. The molecular weight excluding hydrogens is 218 g/mol. The Bertz CT molecular complexity index is 530. The summed E-state index contributed by atoms with van der Waals surface area (Å²) in [6.07, 6.45) is 13.8. The summed E-state index contributed by atoms with van der Waals surface area (Å²) in [6, 6.07) is 8.42. The molecule has 0 fully saturated rings. The van der Waals surface area contributed by atoms with Crippen molar-refractivity contribution >= 4 is 5.70 Å². The Hall–Kier alpha value is -2.02.